The van der Waals surface area contributed by atoms with Gasteiger partial charge in [-0.2, -0.15) is 4.31 Å². The quantitative estimate of drug-likeness (QED) is 0.557. The van der Waals surface area contributed by atoms with Crippen molar-refractivity contribution in [2.45, 2.75) is 11.3 Å². The van der Waals surface area contributed by atoms with Gasteiger partial charge in [-0.3, -0.25) is 14.4 Å². The van der Waals surface area contributed by atoms with Crippen molar-refractivity contribution in [2.75, 3.05) is 39.3 Å². The molecule has 1 fully saturated rings. The normalized spacial score (nSPS) is 14.7. The van der Waals surface area contributed by atoms with Crippen LogP contribution in [-0.4, -0.2) is 74.7 Å². The highest BCUT2D eigenvalue weighted by molar-refractivity contribution is 7.89. The minimum absolute atomic E-state index is 0.0355. The SMILES string of the molecule is O=C(CCNC(=O)c1ccco1)OCC(=O)N1CCN(S(=O)(=O)c2ccc(Cl)cc2)CC1. The molecule has 172 valence electrons. The van der Waals surface area contributed by atoms with E-state index in [1.54, 1.807) is 6.07 Å². The fraction of sp³-hybridized carbons (Fsp3) is 0.350. The Morgan fingerprint density at radius 1 is 1.06 bits per heavy atom. The summed E-state index contributed by atoms with van der Waals surface area (Å²) in [4.78, 5) is 37.4. The molecule has 0 radical (unpaired) electrons. The predicted octanol–water partition coefficient (Wildman–Crippen LogP) is 1.13. The van der Waals surface area contributed by atoms with Gasteiger partial charge >= 0.3 is 5.97 Å². The number of nitrogens with zero attached hydrogens (tertiary/aromatic N) is 2. The molecule has 2 aromatic rings. The number of ether oxygens (including phenoxy) is 1. The van der Waals surface area contributed by atoms with E-state index in [2.05, 4.69) is 5.32 Å². The summed E-state index contributed by atoms with van der Waals surface area (Å²) in [5.74, 6) is -1.38. The largest absolute Gasteiger partial charge is 0.459 e. The van der Waals surface area contributed by atoms with Gasteiger partial charge in [-0.25, -0.2) is 8.42 Å². The van der Waals surface area contributed by atoms with Crippen LogP contribution in [0.2, 0.25) is 5.02 Å². The first-order valence-corrected chi connectivity index (χ1v) is 11.6. The molecule has 32 heavy (non-hydrogen) atoms. The highest BCUT2D eigenvalue weighted by Gasteiger charge is 2.30. The molecule has 2 amide bonds. The van der Waals surface area contributed by atoms with Crippen LogP contribution in [0.15, 0.2) is 52.0 Å². The molecule has 1 aromatic heterocycles. The van der Waals surface area contributed by atoms with Crippen molar-refractivity contribution >= 4 is 39.4 Å². The summed E-state index contributed by atoms with van der Waals surface area (Å²) < 4.78 is 36.6. The number of nitrogens with one attached hydrogen (secondary N) is 1. The minimum atomic E-state index is -3.68. The number of esters is 1. The molecule has 1 aromatic carbocycles. The lowest BCUT2D eigenvalue weighted by atomic mass is 10.3. The molecule has 10 nitrogen and oxygen atoms in total. The van der Waals surface area contributed by atoms with Crippen LogP contribution in [0.4, 0.5) is 0 Å². The zero-order valence-corrected chi connectivity index (χ0v) is 18.6. The second kappa shape index (κ2) is 10.6. The number of amides is 2. The number of piperazine rings is 1. The van der Waals surface area contributed by atoms with Crippen LogP contribution < -0.4 is 5.32 Å². The predicted molar refractivity (Wildman–Crippen MR) is 113 cm³/mol. The van der Waals surface area contributed by atoms with Crippen LogP contribution in [0, 0.1) is 0 Å². The average molecular weight is 484 g/mol. The highest BCUT2D eigenvalue weighted by atomic mass is 35.5. The van der Waals surface area contributed by atoms with E-state index < -0.39 is 34.4 Å². The first-order valence-electron chi connectivity index (χ1n) is 9.78. The molecular formula is C20H22ClN3O7S. The van der Waals surface area contributed by atoms with Crippen molar-refractivity contribution in [3.05, 3.63) is 53.4 Å². The number of rotatable bonds is 8. The Morgan fingerprint density at radius 3 is 2.38 bits per heavy atom. The molecule has 1 saturated heterocycles. The van der Waals surface area contributed by atoms with E-state index in [4.69, 9.17) is 20.8 Å². The van der Waals surface area contributed by atoms with Gasteiger partial charge in [-0.05, 0) is 36.4 Å². The van der Waals surface area contributed by atoms with Crippen LogP contribution in [0.1, 0.15) is 17.0 Å². The summed E-state index contributed by atoms with van der Waals surface area (Å²) in [5, 5.41) is 2.94. The molecule has 0 spiro atoms. The number of hydrogen-bond acceptors (Lipinski definition) is 7. The zero-order chi connectivity index (χ0) is 23.1. The van der Waals surface area contributed by atoms with Gasteiger partial charge in [0.2, 0.25) is 10.0 Å². The van der Waals surface area contributed by atoms with Crippen molar-refractivity contribution in [2.24, 2.45) is 0 Å². The van der Waals surface area contributed by atoms with E-state index in [1.807, 2.05) is 0 Å². The third-order valence-electron chi connectivity index (χ3n) is 4.76. The van der Waals surface area contributed by atoms with Crippen molar-refractivity contribution in [1.29, 1.82) is 0 Å². The Hall–Kier alpha value is -2.89. The maximum Gasteiger partial charge on any atom is 0.308 e. The Balaban J connectivity index is 1.38. The van der Waals surface area contributed by atoms with E-state index in [-0.39, 0.29) is 49.8 Å². The minimum Gasteiger partial charge on any atom is -0.459 e. The van der Waals surface area contributed by atoms with Crippen LogP contribution in [-0.2, 0) is 24.3 Å². The first kappa shape index (κ1) is 23.8. The van der Waals surface area contributed by atoms with Crippen LogP contribution in [0.3, 0.4) is 0 Å². The second-order valence-electron chi connectivity index (χ2n) is 6.88. The van der Waals surface area contributed by atoms with Crippen molar-refractivity contribution in [3.8, 4) is 0 Å². The number of carbonyl (C=O) groups is 3. The molecule has 2 heterocycles. The summed E-state index contributed by atoms with van der Waals surface area (Å²) in [6, 6.07) is 8.95. The van der Waals surface area contributed by atoms with Crippen LogP contribution in [0.25, 0.3) is 0 Å². The van der Waals surface area contributed by atoms with Crippen molar-refractivity contribution < 1.29 is 32.0 Å². The van der Waals surface area contributed by atoms with E-state index in [0.717, 1.165) is 0 Å². The van der Waals surface area contributed by atoms with E-state index in [0.29, 0.717) is 5.02 Å². The molecular weight excluding hydrogens is 462 g/mol. The summed E-state index contributed by atoms with van der Waals surface area (Å²) in [7, 11) is -3.68. The van der Waals surface area contributed by atoms with Gasteiger partial charge in [0, 0.05) is 37.7 Å². The number of carbonyl (C=O) groups excluding carboxylic acids is 3. The fourth-order valence-corrected chi connectivity index (χ4v) is 4.56. The van der Waals surface area contributed by atoms with E-state index in [9.17, 15) is 22.8 Å². The third kappa shape index (κ3) is 6.09. The standard InChI is InChI=1S/C20H22ClN3O7S/c21-15-3-5-16(6-4-15)32(28,29)24-11-9-23(10-12-24)18(25)14-31-19(26)7-8-22-20(27)17-2-1-13-30-17/h1-6,13H,7-12,14H2,(H,22,27). The molecule has 0 atom stereocenters. The van der Waals surface area contributed by atoms with Gasteiger partial charge in [-0.15, -0.1) is 0 Å². The molecule has 0 saturated carbocycles. The second-order valence-corrected chi connectivity index (χ2v) is 9.26. The molecule has 3 rings (SSSR count). The van der Waals surface area contributed by atoms with Crippen LogP contribution in [0.5, 0.6) is 0 Å². The summed E-state index contributed by atoms with van der Waals surface area (Å²) in [6.07, 6.45) is 1.26. The summed E-state index contributed by atoms with van der Waals surface area (Å²) in [6.45, 7) is 0.209. The highest BCUT2D eigenvalue weighted by Crippen LogP contribution is 2.20. The Labute approximate surface area is 190 Å². The van der Waals surface area contributed by atoms with Gasteiger partial charge in [-0.1, -0.05) is 11.6 Å². The average Bonchev–Trinajstić information content (AvgIpc) is 3.33. The maximum atomic E-state index is 12.7. The van der Waals surface area contributed by atoms with Crippen molar-refractivity contribution in [1.82, 2.24) is 14.5 Å². The van der Waals surface area contributed by atoms with E-state index >= 15 is 0 Å². The first-order chi connectivity index (χ1) is 15.3. The third-order valence-corrected chi connectivity index (χ3v) is 6.92. The monoisotopic (exact) mass is 483 g/mol. The Bertz CT molecular complexity index is 1050. The van der Waals surface area contributed by atoms with Gasteiger partial charge in [0.25, 0.3) is 11.8 Å². The fourth-order valence-electron chi connectivity index (χ4n) is 3.01. The molecule has 0 bridgehead atoms. The number of sulfonamides is 1. The zero-order valence-electron chi connectivity index (χ0n) is 17.0. The molecule has 0 aliphatic carbocycles. The molecule has 0 unspecified atom stereocenters. The lowest BCUT2D eigenvalue weighted by molar-refractivity contribution is -0.152. The molecule has 12 heteroatoms. The molecule has 1 aliphatic rings. The Kier molecular flexibility index (Phi) is 7.89. The summed E-state index contributed by atoms with van der Waals surface area (Å²) in [5.41, 5.74) is 0. The summed E-state index contributed by atoms with van der Waals surface area (Å²) >= 11 is 5.81. The number of halogens is 1. The van der Waals surface area contributed by atoms with E-state index in [1.165, 1.54) is 45.8 Å². The van der Waals surface area contributed by atoms with Crippen molar-refractivity contribution in [3.63, 3.8) is 0 Å². The Morgan fingerprint density at radius 2 is 1.75 bits per heavy atom. The lowest BCUT2D eigenvalue weighted by Gasteiger charge is -2.33. The van der Waals surface area contributed by atoms with Gasteiger partial charge < -0.3 is 19.4 Å². The van der Waals surface area contributed by atoms with Gasteiger partial charge in [0.05, 0.1) is 17.6 Å². The lowest BCUT2D eigenvalue weighted by Crippen LogP contribution is -2.51. The number of hydrogen-bond donors (Lipinski definition) is 1. The number of benzene rings is 1. The van der Waals surface area contributed by atoms with Gasteiger partial charge in [0.1, 0.15) is 0 Å². The topological polar surface area (TPSA) is 126 Å². The van der Waals surface area contributed by atoms with Crippen LogP contribution >= 0.6 is 11.6 Å². The van der Waals surface area contributed by atoms with Gasteiger partial charge in [0.15, 0.2) is 12.4 Å². The number of furan rings is 1. The maximum absolute atomic E-state index is 12.7. The molecule has 1 aliphatic heterocycles. The smallest absolute Gasteiger partial charge is 0.308 e. The molecule has 1 N–H and O–H groups in total.